The van der Waals surface area contributed by atoms with Gasteiger partial charge in [0.1, 0.15) is 0 Å². The fraction of sp³-hybridized carbons (Fsp3) is 0.150. The van der Waals surface area contributed by atoms with Gasteiger partial charge in [-0.1, -0.05) is 53.6 Å². The lowest BCUT2D eigenvalue weighted by molar-refractivity contribution is 0.931. The van der Waals surface area contributed by atoms with Crippen LogP contribution in [0.25, 0.3) is 16.9 Å². The summed E-state index contributed by atoms with van der Waals surface area (Å²) in [5, 5.41) is 0. The third-order valence-corrected chi connectivity index (χ3v) is 4.02. The van der Waals surface area contributed by atoms with E-state index in [0.717, 1.165) is 22.5 Å². The minimum absolute atomic E-state index is 0.0607. The van der Waals surface area contributed by atoms with Crippen LogP contribution in [0.1, 0.15) is 16.7 Å². The summed E-state index contributed by atoms with van der Waals surface area (Å²) in [6, 6.07) is 19.9. The Labute approximate surface area is 136 Å². The molecule has 0 saturated carbocycles. The Hall–Kier alpha value is -2.65. The predicted octanol–water partition coefficient (Wildman–Crippen LogP) is 3.58. The van der Waals surface area contributed by atoms with E-state index in [0.29, 0.717) is 5.56 Å². The first-order chi connectivity index (χ1) is 11.1. The Balaban J connectivity index is 2.28. The number of aryl methyl sites for hydroxylation is 2. The first kappa shape index (κ1) is 15.3. The van der Waals surface area contributed by atoms with Gasteiger partial charge < -0.3 is 5.73 Å². The highest BCUT2D eigenvalue weighted by atomic mass is 16.1. The molecule has 0 atom stereocenters. The normalized spacial score (nSPS) is 10.7. The van der Waals surface area contributed by atoms with Crippen molar-refractivity contribution in [3.63, 3.8) is 0 Å². The van der Waals surface area contributed by atoms with Gasteiger partial charge in [0.2, 0.25) is 0 Å². The summed E-state index contributed by atoms with van der Waals surface area (Å²) in [7, 11) is 0. The van der Waals surface area contributed by atoms with Crippen LogP contribution in [0.15, 0.2) is 65.5 Å². The van der Waals surface area contributed by atoms with E-state index in [1.165, 1.54) is 5.56 Å². The van der Waals surface area contributed by atoms with Crippen molar-refractivity contribution in [3.05, 3.63) is 87.7 Å². The summed E-state index contributed by atoms with van der Waals surface area (Å²) in [5.74, 6) is 0. The molecule has 1 aromatic heterocycles. The highest BCUT2D eigenvalue weighted by Crippen LogP contribution is 2.22. The second-order valence-electron chi connectivity index (χ2n) is 5.79. The number of aromatic nitrogens is 1. The van der Waals surface area contributed by atoms with Gasteiger partial charge in [-0.2, -0.15) is 0 Å². The topological polar surface area (TPSA) is 48.0 Å². The van der Waals surface area contributed by atoms with Crippen LogP contribution in [0, 0.1) is 13.8 Å². The third-order valence-electron chi connectivity index (χ3n) is 4.02. The number of nitrogens with two attached hydrogens (primary N) is 1. The van der Waals surface area contributed by atoms with Gasteiger partial charge in [0.25, 0.3) is 5.56 Å². The predicted molar refractivity (Wildman–Crippen MR) is 94.8 cm³/mol. The van der Waals surface area contributed by atoms with Crippen LogP contribution in [0.3, 0.4) is 0 Å². The minimum atomic E-state index is -0.0607. The van der Waals surface area contributed by atoms with E-state index < -0.39 is 0 Å². The molecule has 3 heteroatoms. The number of pyridine rings is 1. The number of hydrogen-bond acceptors (Lipinski definition) is 2. The van der Waals surface area contributed by atoms with Gasteiger partial charge in [0.05, 0.1) is 5.69 Å². The molecule has 0 radical (unpaired) electrons. The zero-order valence-electron chi connectivity index (χ0n) is 13.4. The molecule has 0 spiro atoms. The van der Waals surface area contributed by atoms with Crippen LogP contribution in [-0.2, 0) is 6.54 Å². The summed E-state index contributed by atoms with van der Waals surface area (Å²) >= 11 is 0. The van der Waals surface area contributed by atoms with E-state index in [1.54, 1.807) is 4.57 Å². The lowest BCUT2D eigenvalue weighted by Crippen LogP contribution is -2.25. The maximum atomic E-state index is 12.8. The molecule has 0 aliphatic heterocycles. The summed E-state index contributed by atoms with van der Waals surface area (Å²) in [6.07, 6.45) is 0. The average molecular weight is 304 g/mol. The molecule has 23 heavy (non-hydrogen) atoms. The Bertz CT molecular complexity index is 875. The maximum absolute atomic E-state index is 12.8. The Morgan fingerprint density at radius 2 is 1.39 bits per heavy atom. The van der Waals surface area contributed by atoms with E-state index in [9.17, 15) is 4.79 Å². The molecule has 0 aliphatic carbocycles. The maximum Gasteiger partial charge on any atom is 0.260 e. The first-order valence-corrected chi connectivity index (χ1v) is 7.69. The van der Waals surface area contributed by atoms with Crippen molar-refractivity contribution in [1.29, 1.82) is 0 Å². The van der Waals surface area contributed by atoms with Gasteiger partial charge in [0.15, 0.2) is 0 Å². The Kier molecular flexibility index (Phi) is 4.13. The van der Waals surface area contributed by atoms with E-state index in [-0.39, 0.29) is 12.1 Å². The van der Waals surface area contributed by atoms with Crippen molar-refractivity contribution in [2.75, 3.05) is 0 Å². The number of rotatable bonds is 3. The summed E-state index contributed by atoms with van der Waals surface area (Å²) in [6.45, 7) is 4.32. The van der Waals surface area contributed by atoms with Crippen LogP contribution in [0.5, 0.6) is 0 Å². The van der Waals surface area contributed by atoms with Gasteiger partial charge in [-0.15, -0.1) is 0 Å². The third kappa shape index (κ3) is 2.96. The van der Waals surface area contributed by atoms with Gasteiger partial charge in [-0.05, 0) is 37.6 Å². The lowest BCUT2D eigenvalue weighted by atomic mass is 10.1. The van der Waals surface area contributed by atoms with Gasteiger partial charge in [-0.25, -0.2) is 0 Å². The van der Waals surface area contributed by atoms with Gasteiger partial charge >= 0.3 is 0 Å². The van der Waals surface area contributed by atoms with Crippen LogP contribution < -0.4 is 11.3 Å². The highest BCUT2D eigenvalue weighted by molar-refractivity contribution is 5.63. The zero-order valence-corrected chi connectivity index (χ0v) is 13.4. The summed E-state index contributed by atoms with van der Waals surface area (Å²) < 4.78 is 1.74. The van der Waals surface area contributed by atoms with Gasteiger partial charge in [0, 0.05) is 17.8 Å². The average Bonchev–Trinajstić information content (AvgIpc) is 2.56. The van der Waals surface area contributed by atoms with Crippen molar-refractivity contribution in [2.45, 2.75) is 20.4 Å². The van der Waals surface area contributed by atoms with Crippen molar-refractivity contribution in [1.82, 2.24) is 4.57 Å². The largest absolute Gasteiger partial charge is 0.326 e. The SMILES string of the molecule is Cc1ccc(-c2ccc(CN)c(=O)n2-c2ccc(C)cc2)cc1. The van der Waals surface area contributed by atoms with Crippen LogP contribution in [0.2, 0.25) is 0 Å². The van der Waals surface area contributed by atoms with Crippen LogP contribution >= 0.6 is 0 Å². The monoisotopic (exact) mass is 304 g/mol. The molecule has 0 amide bonds. The van der Waals surface area contributed by atoms with Crippen molar-refractivity contribution < 1.29 is 0 Å². The Morgan fingerprint density at radius 1 is 0.826 bits per heavy atom. The number of benzene rings is 2. The van der Waals surface area contributed by atoms with E-state index in [4.69, 9.17) is 5.73 Å². The number of nitrogens with zero attached hydrogens (tertiary/aromatic N) is 1. The lowest BCUT2D eigenvalue weighted by Gasteiger charge is -2.15. The molecular weight excluding hydrogens is 284 g/mol. The van der Waals surface area contributed by atoms with Crippen molar-refractivity contribution in [3.8, 4) is 16.9 Å². The molecule has 0 fully saturated rings. The molecule has 2 N–H and O–H groups in total. The Morgan fingerprint density at radius 3 is 1.96 bits per heavy atom. The quantitative estimate of drug-likeness (QED) is 0.804. The first-order valence-electron chi connectivity index (χ1n) is 7.69. The second-order valence-corrected chi connectivity index (χ2v) is 5.79. The molecule has 2 aromatic carbocycles. The van der Waals surface area contributed by atoms with E-state index in [2.05, 4.69) is 12.1 Å². The second kappa shape index (κ2) is 6.23. The van der Waals surface area contributed by atoms with E-state index >= 15 is 0 Å². The van der Waals surface area contributed by atoms with Crippen LogP contribution in [-0.4, -0.2) is 4.57 Å². The van der Waals surface area contributed by atoms with E-state index in [1.807, 2.05) is 62.4 Å². The van der Waals surface area contributed by atoms with Crippen molar-refractivity contribution >= 4 is 0 Å². The summed E-state index contributed by atoms with van der Waals surface area (Å²) in [4.78, 5) is 12.8. The molecule has 3 nitrogen and oxygen atoms in total. The molecule has 0 aliphatic rings. The molecule has 0 saturated heterocycles. The van der Waals surface area contributed by atoms with Crippen molar-refractivity contribution in [2.24, 2.45) is 5.73 Å². The minimum Gasteiger partial charge on any atom is -0.326 e. The molecular formula is C20H20N2O. The summed E-state index contributed by atoms with van der Waals surface area (Å²) in [5.41, 5.74) is 11.4. The molecule has 116 valence electrons. The molecule has 0 bridgehead atoms. The fourth-order valence-electron chi connectivity index (χ4n) is 2.63. The van der Waals surface area contributed by atoms with Crippen LogP contribution in [0.4, 0.5) is 0 Å². The smallest absolute Gasteiger partial charge is 0.260 e. The van der Waals surface area contributed by atoms with Gasteiger partial charge in [-0.3, -0.25) is 9.36 Å². The zero-order chi connectivity index (χ0) is 16.4. The molecule has 3 aromatic rings. The molecule has 1 heterocycles. The highest BCUT2D eigenvalue weighted by Gasteiger charge is 2.11. The molecule has 0 unspecified atom stereocenters. The number of hydrogen-bond donors (Lipinski definition) is 1. The fourth-order valence-corrected chi connectivity index (χ4v) is 2.63. The standard InChI is InChI=1S/C20H20N2O/c1-14-3-7-16(8-4-14)19-12-9-17(13-21)20(23)22(19)18-10-5-15(2)6-11-18/h3-12H,13,21H2,1-2H3. The molecule has 3 rings (SSSR count).